The molecule has 0 spiro atoms. The third-order valence-electron chi connectivity index (χ3n) is 3.59. The fraction of sp³-hybridized carbons (Fsp3) is 0. The molecule has 0 radical (unpaired) electrons. The maximum Gasteiger partial charge on any atom is 0.346 e. The minimum absolute atomic E-state index is 0.399. The van der Waals surface area contributed by atoms with E-state index < -0.39 is 5.63 Å². The summed E-state index contributed by atoms with van der Waals surface area (Å²) in [6.07, 6.45) is 0. The van der Waals surface area contributed by atoms with Crippen molar-refractivity contribution in [3.8, 4) is 21.8 Å². The molecule has 118 valence electrons. The highest BCUT2D eigenvalue weighted by molar-refractivity contribution is 7.13. The molecule has 0 N–H and O–H groups in total. The number of nitrogens with zero attached hydrogens (tertiary/aromatic N) is 1. The molecule has 6 heteroatoms. The second-order valence-electron chi connectivity index (χ2n) is 5.15. The van der Waals surface area contributed by atoms with Crippen molar-refractivity contribution >= 4 is 45.5 Å². The van der Waals surface area contributed by atoms with Crippen molar-refractivity contribution in [2.45, 2.75) is 0 Å². The summed E-state index contributed by atoms with van der Waals surface area (Å²) in [5.74, 6) is 0. The van der Waals surface area contributed by atoms with Gasteiger partial charge in [-0.15, -0.1) is 11.3 Å². The van der Waals surface area contributed by atoms with Gasteiger partial charge in [0.15, 0.2) is 0 Å². The highest BCUT2D eigenvalue weighted by Gasteiger charge is 2.13. The van der Waals surface area contributed by atoms with Crippen LogP contribution in [0.4, 0.5) is 0 Å². The Balaban J connectivity index is 1.81. The van der Waals surface area contributed by atoms with Crippen LogP contribution in [0, 0.1) is 0 Å². The topological polar surface area (TPSA) is 43.1 Å². The highest BCUT2D eigenvalue weighted by Crippen LogP contribution is 2.32. The number of benzene rings is 2. The van der Waals surface area contributed by atoms with Gasteiger partial charge in [0.05, 0.1) is 21.3 Å². The molecule has 2 heterocycles. The smallest absolute Gasteiger partial charge is 0.346 e. The van der Waals surface area contributed by atoms with Gasteiger partial charge >= 0.3 is 5.63 Å². The molecule has 0 saturated carbocycles. The zero-order chi connectivity index (χ0) is 16.7. The number of fused-ring (bicyclic) bond motifs is 1. The Kier molecular flexibility index (Phi) is 3.88. The average molecular weight is 374 g/mol. The number of halogens is 2. The van der Waals surface area contributed by atoms with Crippen LogP contribution in [0.25, 0.3) is 32.8 Å². The first kappa shape index (κ1) is 15.4. The van der Waals surface area contributed by atoms with Gasteiger partial charge in [0.1, 0.15) is 10.6 Å². The molecule has 0 saturated heterocycles. The molecule has 2 aromatic heterocycles. The molecular formula is C18H9Cl2NO2S. The molecule has 0 aliphatic carbocycles. The van der Waals surface area contributed by atoms with Crippen LogP contribution in [0.1, 0.15) is 0 Å². The molecule has 4 aromatic rings. The van der Waals surface area contributed by atoms with E-state index in [0.717, 1.165) is 16.6 Å². The number of para-hydroxylation sites is 1. The summed E-state index contributed by atoms with van der Waals surface area (Å²) in [7, 11) is 0. The summed E-state index contributed by atoms with van der Waals surface area (Å²) in [4.78, 5) is 16.8. The van der Waals surface area contributed by atoms with Gasteiger partial charge in [-0.2, -0.15) is 0 Å². The van der Waals surface area contributed by atoms with Gasteiger partial charge in [-0.3, -0.25) is 0 Å². The van der Waals surface area contributed by atoms with Crippen molar-refractivity contribution in [3.05, 3.63) is 74.4 Å². The summed E-state index contributed by atoms with van der Waals surface area (Å²) in [5, 5.41) is 4.30. The Labute approximate surface area is 151 Å². The summed E-state index contributed by atoms with van der Waals surface area (Å²) in [6.45, 7) is 0. The number of thiazole rings is 1. The number of aromatic nitrogens is 1. The zero-order valence-electron chi connectivity index (χ0n) is 12.1. The Morgan fingerprint density at radius 1 is 1.00 bits per heavy atom. The van der Waals surface area contributed by atoms with Gasteiger partial charge in [-0.25, -0.2) is 9.78 Å². The summed E-state index contributed by atoms with van der Waals surface area (Å²) >= 11 is 13.4. The van der Waals surface area contributed by atoms with Gasteiger partial charge in [0, 0.05) is 16.3 Å². The average Bonchev–Trinajstić information content (AvgIpc) is 3.06. The largest absolute Gasteiger partial charge is 0.422 e. The fourth-order valence-electron chi connectivity index (χ4n) is 2.40. The van der Waals surface area contributed by atoms with Gasteiger partial charge in [-0.05, 0) is 24.3 Å². The van der Waals surface area contributed by atoms with Crippen LogP contribution in [0.15, 0.2) is 63.1 Å². The molecule has 24 heavy (non-hydrogen) atoms. The second kappa shape index (κ2) is 6.06. The molecule has 0 unspecified atom stereocenters. The first-order chi connectivity index (χ1) is 11.6. The van der Waals surface area contributed by atoms with Crippen LogP contribution in [-0.2, 0) is 0 Å². The fourth-order valence-corrected chi connectivity index (χ4v) is 3.53. The normalized spacial score (nSPS) is 11.1. The Morgan fingerprint density at radius 2 is 1.83 bits per heavy atom. The van der Waals surface area contributed by atoms with E-state index in [-0.39, 0.29) is 0 Å². The van der Waals surface area contributed by atoms with E-state index in [9.17, 15) is 4.79 Å². The van der Waals surface area contributed by atoms with E-state index in [1.807, 2.05) is 29.6 Å². The molecule has 2 aromatic carbocycles. The van der Waals surface area contributed by atoms with Crippen molar-refractivity contribution in [3.63, 3.8) is 0 Å². The Bertz CT molecular complexity index is 1120. The SMILES string of the molecule is O=c1oc2ccccc2cc1-c1nc(-c2ccc(Cl)c(Cl)c2)cs1. The molecule has 0 aliphatic heterocycles. The number of rotatable bonds is 2. The third-order valence-corrected chi connectivity index (χ3v) is 5.21. The Hall–Kier alpha value is -2.14. The molecule has 0 bridgehead atoms. The van der Waals surface area contributed by atoms with Crippen molar-refractivity contribution < 1.29 is 4.42 Å². The minimum Gasteiger partial charge on any atom is -0.422 e. The van der Waals surface area contributed by atoms with Crippen LogP contribution < -0.4 is 5.63 Å². The lowest BCUT2D eigenvalue weighted by Gasteiger charge is -2.00. The lowest BCUT2D eigenvalue weighted by molar-refractivity contribution is 0.563. The van der Waals surface area contributed by atoms with Crippen LogP contribution in [0.5, 0.6) is 0 Å². The maximum atomic E-state index is 12.2. The van der Waals surface area contributed by atoms with Crippen molar-refractivity contribution in [1.82, 2.24) is 4.98 Å². The van der Waals surface area contributed by atoms with E-state index in [1.165, 1.54) is 11.3 Å². The van der Waals surface area contributed by atoms with Gasteiger partial charge in [-0.1, -0.05) is 47.5 Å². The molecule has 3 nitrogen and oxygen atoms in total. The van der Waals surface area contributed by atoms with Crippen LogP contribution in [0.2, 0.25) is 10.0 Å². The van der Waals surface area contributed by atoms with Gasteiger partial charge < -0.3 is 4.42 Å². The first-order valence-electron chi connectivity index (χ1n) is 7.06. The van der Waals surface area contributed by atoms with Crippen LogP contribution in [-0.4, -0.2) is 4.98 Å². The predicted octanol–water partition coefficient (Wildman–Crippen LogP) is 5.89. The van der Waals surface area contributed by atoms with E-state index in [2.05, 4.69) is 4.98 Å². The standard InChI is InChI=1S/C18H9Cl2NO2S/c19-13-6-5-10(8-14(13)20)15-9-24-17(21-15)12-7-11-3-1-2-4-16(11)23-18(12)22/h1-9H. The molecule has 0 aliphatic rings. The predicted molar refractivity (Wildman–Crippen MR) is 99.0 cm³/mol. The van der Waals surface area contributed by atoms with Crippen molar-refractivity contribution in [2.24, 2.45) is 0 Å². The number of hydrogen-bond donors (Lipinski definition) is 0. The maximum absolute atomic E-state index is 12.2. The molecular weight excluding hydrogens is 365 g/mol. The third kappa shape index (κ3) is 2.73. The van der Waals surface area contributed by atoms with E-state index >= 15 is 0 Å². The minimum atomic E-state index is -0.399. The van der Waals surface area contributed by atoms with Gasteiger partial charge in [0.2, 0.25) is 0 Å². The van der Waals surface area contributed by atoms with Crippen LogP contribution in [0.3, 0.4) is 0 Å². The summed E-state index contributed by atoms with van der Waals surface area (Å²) < 4.78 is 5.37. The van der Waals surface area contributed by atoms with E-state index in [0.29, 0.717) is 26.2 Å². The summed E-state index contributed by atoms with van der Waals surface area (Å²) in [5.41, 5.74) is 2.19. The van der Waals surface area contributed by atoms with Crippen molar-refractivity contribution in [2.75, 3.05) is 0 Å². The quantitative estimate of drug-likeness (QED) is 0.411. The van der Waals surface area contributed by atoms with Crippen molar-refractivity contribution in [1.29, 1.82) is 0 Å². The lowest BCUT2D eigenvalue weighted by atomic mass is 10.1. The first-order valence-corrected chi connectivity index (χ1v) is 8.69. The monoisotopic (exact) mass is 373 g/mol. The molecule has 4 rings (SSSR count). The zero-order valence-corrected chi connectivity index (χ0v) is 14.5. The van der Waals surface area contributed by atoms with E-state index in [4.69, 9.17) is 27.6 Å². The molecule has 0 fully saturated rings. The van der Waals surface area contributed by atoms with Crippen LogP contribution >= 0.6 is 34.5 Å². The second-order valence-corrected chi connectivity index (χ2v) is 6.82. The highest BCUT2D eigenvalue weighted by atomic mass is 35.5. The molecule has 0 atom stereocenters. The molecule has 0 amide bonds. The Morgan fingerprint density at radius 3 is 2.67 bits per heavy atom. The summed E-state index contributed by atoms with van der Waals surface area (Å²) in [6, 6.07) is 14.5. The van der Waals surface area contributed by atoms with E-state index in [1.54, 1.807) is 24.3 Å². The van der Waals surface area contributed by atoms with Gasteiger partial charge in [0.25, 0.3) is 0 Å². The number of hydrogen-bond acceptors (Lipinski definition) is 4. The lowest BCUT2D eigenvalue weighted by Crippen LogP contribution is -2.02.